The van der Waals surface area contributed by atoms with Gasteiger partial charge in [0, 0.05) is 11.4 Å². The number of rotatable bonds is 3. The van der Waals surface area contributed by atoms with Gasteiger partial charge in [0.1, 0.15) is 5.82 Å². The van der Waals surface area contributed by atoms with Crippen molar-refractivity contribution in [3.05, 3.63) is 59.4 Å². The lowest BCUT2D eigenvalue weighted by Crippen LogP contribution is -2.27. The quantitative estimate of drug-likeness (QED) is 0.914. The van der Waals surface area contributed by atoms with Gasteiger partial charge < -0.3 is 10.6 Å². The van der Waals surface area contributed by atoms with Crippen LogP contribution in [0.15, 0.2) is 42.5 Å². The predicted molar refractivity (Wildman–Crippen MR) is 86.8 cm³/mol. The van der Waals surface area contributed by atoms with Crippen LogP contribution in [-0.2, 0) is 21.4 Å². The van der Waals surface area contributed by atoms with Crippen LogP contribution in [0.3, 0.4) is 0 Å². The van der Waals surface area contributed by atoms with Crippen molar-refractivity contribution in [2.75, 3.05) is 10.6 Å². The molecule has 0 unspecified atom stereocenters. The predicted octanol–water partition coefficient (Wildman–Crippen LogP) is 3.24. The van der Waals surface area contributed by atoms with Crippen LogP contribution in [0.4, 0.5) is 15.8 Å². The number of benzene rings is 2. The van der Waals surface area contributed by atoms with E-state index in [0.29, 0.717) is 11.3 Å². The molecule has 0 saturated heterocycles. The van der Waals surface area contributed by atoms with E-state index in [-0.39, 0.29) is 24.1 Å². The normalized spacial score (nSPS) is 15.0. The largest absolute Gasteiger partial charge is 0.326 e. The molecule has 5 heteroatoms. The second kappa shape index (κ2) is 5.50. The average Bonchev–Trinajstić information content (AvgIpc) is 2.69. The molecule has 0 bridgehead atoms. The number of anilines is 2. The summed E-state index contributed by atoms with van der Waals surface area (Å²) in [5.74, 6) is -0.652. The van der Waals surface area contributed by atoms with Crippen LogP contribution in [0.2, 0.25) is 0 Å². The van der Waals surface area contributed by atoms with Gasteiger partial charge in [-0.25, -0.2) is 4.39 Å². The minimum atomic E-state index is -0.626. The summed E-state index contributed by atoms with van der Waals surface area (Å²) in [4.78, 5) is 24.0. The number of hydrogen-bond donors (Lipinski definition) is 2. The number of amides is 2. The molecule has 4 nitrogen and oxygen atoms in total. The third-order valence-electron chi connectivity index (χ3n) is 4.05. The van der Waals surface area contributed by atoms with Gasteiger partial charge in [0.25, 0.3) is 0 Å². The summed E-state index contributed by atoms with van der Waals surface area (Å²) in [5.41, 5.74) is 2.23. The van der Waals surface area contributed by atoms with E-state index >= 15 is 0 Å². The Labute approximate surface area is 133 Å². The van der Waals surface area contributed by atoms with Crippen molar-refractivity contribution in [2.24, 2.45) is 0 Å². The Hall–Kier alpha value is -2.69. The highest BCUT2D eigenvalue weighted by molar-refractivity contribution is 6.06. The molecular weight excluding hydrogens is 295 g/mol. The van der Waals surface area contributed by atoms with E-state index in [1.807, 2.05) is 13.8 Å². The minimum Gasteiger partial charge on any atom is -0.326 e. The topological polar surface area (TPSA) is 58.2 Å². The van der Waals surface area contributed by atoms with E-state index < -0.39 is 5.41 Å². The zero-order valence-corrected chi connectivity index (χ0v) is 12.9. The van der Waals surface area contributed by atoms with Crippen molar-refractivity contribution < 1.29 is 14.0 Å². The molecule has 118 valence electrons. The molecule has 0 aromatic heterocycles. The SMILES string of the molecule is CC1(C)C(=O)Nc2ccc(NC(=O)Cc3cccc(F)c3)cc21. The van der Waals surface area contributed by atoms with Gasteiger partial charge in [0.05, 0.1) is 11.8 Å². The first kappa shape index (κ1) is 15.2. The van der Waals surface area contributed by atoms with E-state index in [0.717, 1.165) is 11.3 Å². The van der Waals surface area contributed by atoms with E-state index in [1.54, 1.807) is 30.3 Å². The van der Waals surface area contributed by atoms with Crippen molar-refractivity contribution in [1.82, 2.24) is 0 Å². The monoisotopic (exact) mass is 312 g/mol. The fraction of sp³-hybridized carbons (Fsp3) is 0.222. The zero-order chi connectivity index (χ0) is 16.6. The molecule has 0 radical (unpaired) electrons. The maximum atomic E-state index is 13.1. The molecule has 0 saturated carbocycles. The van der Waals surface area contributed by atoms with E-state index in [9.17, 15) is 14.0 Å². The number of hydrogen-bond acceptors (Lipinski definition) is 2. The first-order chi connectivity index (χ1) is 10.9. The highest BCUT2D eigenvalue weighted by Crippen LogP contribution is 2.38. The first-order valence-corrected chi connectivity index (χ1v) is 7.36. The molecule has 23 heavy (non-hydrogen) atoms. The van der Waals surface area contributed by atoms with Crippen molar-refractivity contribution in [1.29, 1.82) is 0 Å². The average molecular weight is 312 g/mol. The van der Waals surface area contributed by atoms with E-state index in [2.05, 4.69) is 10.6 Å². The van der Waals surface area contributed by atoms with Crippen LogP contribution >= 0.6 is 0 Å². The van der Waals surface area contributed by atoms with Crippen LogP contribution in [0, 0.1) is 5.82 Å². The molecule has 2 N–H and O–H groups in total. The number of carbonyl (C=O) groups is 2. The maximum absolute atomic E-state index is 13.1. The highest BCUT2D eigenvalue weighted by Gasteiger charge is 2.38. The van der Waals surface area contributed by atoms with Gasteiger partial charge in [0.15, 0.2) is 0 Å². The molecule has 1 heterocycles. The Kier molecular flexibility index (Phi) is 3.64. The summed E-state index contributed by atoms with van der Waals surface area (Å²) < 4.78 is 13.1. The minimum absolute atomic E-state index is 0.0595. The Morgan fingerprint density at radius 2 is 2.00 bits per heavy atom. The molecule has 1 aliphatic rings. The molecule has 1 aliphatic heterocycles. The summed E-state index contributed by atoms with van der Waals surface area (Å²) in [6.07, 6.45) is 0.0927. The Morgan fingerprint density at radius 3 is 2.74 bits per heavy atom. The number of fused-ring (bicyclic) bond motifs is 1. The van der Waals surface area contributed by atoms with Crippen LogP contribution < -0.4 is 10.6 Å². The third kappa shape index (κ3) is 2.95. The summed E-state index contributed by atoms with van der Waals surface area (Å²) in [6.45, 7) is 3.68. The first-order valence-electron chi connectivity index (χ1n) is 7.36. The number of carbonyl (C=O) groups excluding carboxylic acids is 2. The van der Waals surface area contributed by atoms with Gasteiger partial charge in [-0.2, -0.15) is 0 Å². The van der Waals surface area contributed by atoms with Gasteiger partial charge in [-0.05, 0) is 55.3 Å². The fourth-order valence-electron chi connectivity index (χ4n) is 2.69. The molecule has 0 atom stereocenters. The van der Waals surface area contributed by atoms with Crippen LogP contribution in [0.1, 0.15) is 25.0 Å². The summed E-state index contributed by atoms with van der Waals surface area (Å²) >= 11 is 0. The molecule has 2 aromatic rings. The van der Waals surface area contributed by atoms with Gasteiger partial charge in [0.2, 0.25) is 11.8 Å². The van der Waals surface area contributed by atoms with Gasteiger partial charge in [-0.15, -0.1) is 0 Å². The molecule has 0 spiro atoms. The fourth-order valence-corrected chi connectivity index (χ4v) is 2.69. The van der Waals surface area contributed by atoms with Crippen molar-refractivity contribution in [3.8, 4) is 0 Å². The standard InChI is InChI=1S/C18H17FN2O2/c1-18(2)14-10-13(6-7-15(14)21-17(18)23)20-16(22)9-11-4-3-5-12(19)8-11/h3-8,10H,9H2,1-2H3,(H,20,22)(H,21,23). The molecule has 3 rings (SSSR count). The van der Waals surface area contributed by atoms with E-state index in [4.69, 9.17) is 0 Å². The smallest absolute Gasteiger partial charge is 0.234 e. The lowest BCUT2D eigenvalue weighted by atomic mass is 9.86. The van der Waals surface area contributed by atoms with Crippen LogP contribution in [0.5, 0.6) is 0 Å². The molecule has 0 fully saturated rings. The molecule has 2 aromatic carbocycles. The van der Waals surface area contributed by atoms with Crippen LogP contribution in [-0.4, -0.2) is 11.8 Å². The van der Waals surface area contributed by atoms with Gasteiger partial charge in [-0.1, -0.05) is 12.1 Å². The lowest BCUT2D eigenvalue weighted by molar-refractivity contribution is -0.119. The zero-order valence-electron chi connectivity index (χ0n) is 12.9. The number of nitrogens with one attached hydrogen (secondary N) is 2. The second-order valence-electron chi connectivity index (χ2n) is 6.19. The van der Waals surface area contributed by atoms with Gasteiger partial charge in [-0.3, -0.25) is 9.59 Å². The Bertz CT molecular complexity index is 799. The summed E-state index contributed by atoms with van der Waals surface area (Å²) in [5, 5.41) is 5.61. The van der Waals surface area contributed by atoms with Gasteiger partial charge >= 0.3 is 0 Å². The molecular formula is C18H17FN2O2. The Morgan fingerprint density at radius 1 is 1.22 bits per heavy atom. The highest BCUT2D eigenvalue weighted by atomic mass is 19.1. The van der Waals surface area contributed by atoms with E-state index in [1.165, 1.54) is 12.1 Å². The second-order valence-corrected chi connectivity index (χ2v) is 6.19. The van der Waals surface area contributed by atoms with Crippen molar-refractivity contribution in [2.45, 2.75) is 25.7 Å². The Balaban J connectivity index is 1.76. The lowest BCUT2D eigenvalue weighted by Gasteiger charge is -2.16. The maximum Gasteiger partial charge on any atom is 0.234 e. The third-order valence-corrected chi connectivity index (χ3v) is 4.05. The van der Waals surface area contributed by atoms with Crippen LogP contribution in [0.25, 0.3) is 0 Å². The van der Waals surface area contributed by atoms with Crippen molar-refractivity contribution in [3.63, 3.8) is 0 Å². The number of halogens is 1. The van der Waals surface area contributed by atoms with Crippen molar-refractivity contribution >= 4 is 23.2 Å². The summed E-state index contributed by atoms with van der Waals surface area (Å²) in [6, 6.07) is 11.3. The summed E-state index contributed by atoms with van der Waals surface area (Å²) in [7, 11) is 0. The molecule has 2 amide bonds. The molecule has 0 aliphatic carbocycles.